The summed E-state index contributed by atoms with van der Waals surface area (Å²) in [4.78, 5) is 32.0. The van der Waals surface area contributed by atoms with Gasteiger partial charge in [-0.2, -0.15) is 0 Å². The van der Waals surface area contributed by atoms with E-state index in [1.165, 1.54) is 18.3 Å². The lowest BCUT2D eigenvalue weighted by molar-refractivity contribution is -0.114. The molecule has 5 rings (SSSR count). The van der Waals surface area contributed by atoms with E-state index >= 15 is 0 Å². The molecule has 0 fully saturated rings. The second-order valence-corrected chi connectivity index (χ2v) is 10.3. The van der Waals surface area contributed by atoms with Crippen molar-refractivity contribution in [3.63, 3.8) is 0 Å². The smallest absolute Gasteiger partial charge is 0.271 e. The van der Waals surface area contributed by atoms with Crippen LogP contribution in [-0.4, -0.2) is 29.1 Å². The van der Waals surface area contributed by atoms with Gasteiger partial charge in [0, 0.05) is 40.0 Å². The zero-order valence-electron chi connectivity index (χ0n) is 22.2. The highest BCUT2D eigenvalue weighted by atomic mass is 32.1. The fourth-order valence-corrected chi connectivity index (χ4v) is 6.20. The monoisotopic (exact) mass is 527 g/mol. The Morgan fingerprint density at radius 3 is 2.42 bits per heavy atom. The van der Waals surface area contributed by atoms with E-state index in [9.17, 15) is 9.59 Å². The number of hydrogen-bond acceptors (Lipinski definition) is 6. The first-order chi connectivity index (χ1) is 18.2. The number of hydrogen-bond donors (Lipinski definition) is 0. The van der Waals surface area contributed by atoms with Gasteiger partial charge < -0.3 is 14.0 Å². The number of thiazole rings is 1. The molecule has 0 amide bonds. The number of aryl methyl sites for hydroxylation is 1. The Kier molecular flexibility index (Phi) is 6.67. The van der Waals surface area contributed by atoms with Crippen LogP contribution < -0.4 is 24.4 Å². The number of ether oxygens (including phenoxy) is 2. The number of benzene rings is 2. The van der Waals surface area contributed by atoms with E-state index in [0.717, 1.165) is 22.6 Å². The first-order valence-corrected chi connectivity index (χ1v) is 13.1. The highest BCUT2D eigenvalue weighted by Crippen LogP contribution is 2.37. The quantitative estimate of drug-likeness (QED) is 0.376. The van der Waals surface area contributed by atoms with Crippen molar-refractivity contribution in [2.45, 2.75) is 33.7 Å². The molecule has 38 heavy (non-hydrogen) atoms. The van der Waals surface area contributed by atoms with Crippen LogP contribution in [0, 0.1) is 13.8 Å². The van der Waals surface area contributed by atoms with Gasteiger partial charge in [-0.3, -0.25) is 14.2 Å². The summed E-state index contributed by atoms with van der Waals surface area (Å²) in [5.41, 5.74) is 5.69. The highest BCUT2D eigenvalue weighted by molar-refractivity contribution is 7.07. The Morgan fingerprint density at radius 1 is 1.03 bits per heavy atom. The van der Waals surface area contributed by atoms with Crippen LogP contribution in [0.5, 0.6) is 11.5 Å². The van der Waals surface area contributed by atoms with Crippen LogP contribution in [0.1, 0.15) is 42.4 Å². The van der Waals surface area contributed by atoms with Crippen molar-refractivity contribution in [1.29, 1.82) is 0 Å². The summed E-state index contributed by atoms with van der Waals surface area (Å²) in [6.45, 7) is 7.42. The van der Waals surface area contributed by atoms with Gasteiger partial charge in [0.15, 0.2) is 10.6 Å². The molecule has 0 saturated carbocycles. The molecule has 1 atom stereocenters. The summed E-state index contributed by atoms with van der Waals surface area (Å²) < 4.78 is 15.4. The number of carbonyl (C=O) groups is 1. The molecule has 0 spiro atoms. The first kappa shape index (κ1) is 25.5. The number of nitrogens with zero attached hydrogens (tertiary/aromatic N) is 3. The van der Waals surface area contributed by atoms with Gasteiger partial charge in [-0.15, -0.1) is 0 Å². The van der Waals surface area contributed by atoms with Gasteiger partial charge in [-0.25, -0.2) is 4.99 Å². The van der Waals surface area contributed by atoms with E-state index in [1.54, 1.807) is 30.9 Å². The lowest BCUT2D eigenvalue weighted by atomic mass is 9.92. The van der Waals surface area contributed by atoms with E-state index in [-0.39, 0.29) is 11.3 Å². The van der Waals surface area contributed by atoms with Crippen LogP contribution >= 0.6 is 11.3 Å². The lowest BCUT2D eigenvalue weighted by Crippen LogP contribution is -2.39. The molecule has 2 aromatic heterocycles. The van der Waals surface area contributed by atoms with E-state index in [2.05, 4.69) is 34.7 Å². The molecule has 194 valence electrons. The summed E-state index contributed by atoms with van der Waals surface area (Å²) in [6, 6.07) is 17.0. The molecular formula is C30H29N3O4S. The summed E-state index contributed by atoms with van der Waals surface area (Å²) in [6.07, 6.45) is 1.92. The number of rotatable bonds is 6. The Balaban J connectivity index is 1.73. The molecular weight excluding hydrogens is 498 g/mol. The minimum Gasteiger partial charge on any atom is -0.497 e. The second-order valence-electron chi connectivity index (χ2n) is 9.24. The zero-order chi connectivity index (χ0) is 27.1. The van der Waals surface area contributed by atoms with Crippen molar-refractivity contribution in [2.75, 3.05) is 14.2 Å². The Morgan fingerprint density at radius 2 is 1.76 bits per heavy atom. The maximum absolute atomic E-state index is 13.9. The fourth-order valence-electron chi connectivity index (χ4n) is 5.16. The molecule has 1 unspecified atom stereocenters. The normalized spacial score (nSPS) is 15.3. The molecule has 0 radical (unpaired) electrons. The largest absolute Gasteiger partial charge is 0.497 e. The summed E-state index contributed by atoms with van der Waals surface area (Å²) in [5.74, 6) is 1.01. The molecule has 0 N–H and O–H groups in total. The van der Waals surface area contributed by atoms with Gasteiger partial charge in [0.1, 0.15) is 11.5 Å². The average molecular weight is 528 g/mol. The van der Waals surface area contributed by atoms with E-state index in [0.29, 0.717) is 37.7 Å². The maximum atomic E-state index is 13.9. The van der Waals surface area contributed by atoms with Crippen LogP contribution in [0.15, 0.2) is 75.7 Å². The summed E-state index contributed by atoms with van der Waals surface area (Å²) in [7, 11) is 3.14. The number of methoxy groups -OCH3 is 2. The third kappa shape index (κ3) is 4.20. The highest BCUT2D eigenvalue weighted by Gasteiger charge is 2.32. The number of para-hydroxylation sites is 1. The minimum absolute atomic E-state index is 0.144. The van der Waals surface area contributed by atoms with Gasteiger partial charge in [0.05, 0.1) is 24.8 Å². The minimum atomic E-state index is -0.663. The van der Waals surface area contributed by atoms with Crippen LogP contribution in [0.2, 0.25) is 0 Å². The van der Waals surface area contributed by atoms with Crippen molar-refractivity contribution < 1.29 is 14.3 Å². The predicted octanol–water partition coefficient (Wildman–Crippen LogP) is 4.25. The number of aromatic nitrogens is 2. The lowest BCUT2D eigenvalue weighted by Gasteiger charge is -2.26. The van der Waals surface area contributed by atoms with Gasteiger partial charge in [-0.05, 0) is 69.7 Å². The van der Waals surface area contributed by atoms with E-state index in [1.807, 2.05) is 44.2 Å². The molecule has 0 bridgehead atoms. The second kappa shape index (κ2) is 9.95. The zero-order valence-corrected chi connectivity index (χ0v) is 23.1. The molecule has 7 nitrogen and oxygen atoms in total. The van der Waals surface area contributed by atoms with E-state index < -0.39 is 6.04 Å². The number of Topliss-reactive ketones (excluding diaryl/α,β-unsaturated/α-hetero) is 1. The molecule has 1 aliphatic rings. The van der Waals surface area contributed by atoms with Crippen LogP contribution in [0.4, 0.5) is 0 Å². The number of allylic oxidation sites excluding steroid dienone is 2. The number of carbonyl (C=O) groups excluding carboxylic acids is 1. The molecule has 4 aromatic rings. The topological polar surface area (TPSA) is 74.8 Å². The third-order valence-electron chi connectivity index (χ3n) is 6.91. The number of ketones is 1. The van der Waals surface area contributed by atoms with Gasteiger partial charge >= 0.3 is 0 Å². The molecule has 2 aromatic carbocycles. The molecule has 3 heterocycles. The van der Waals surface area contributed by atoms with Gasteiger partial charge in [0.2, 0.25) is 0 Å². The van der Waals surface area contributed by atoms with Crippen LogP contribution in [0.25, 0.3) is 11.8 Å². The number of fused-ring (bicyclic) bond motifs is 1. The van der Waals surface area contributed by atoms with Crippen molar-refractivity contribution >= 4 is 23.2 Å². The van der Waals surface area contributed by atoms with Crippen molar-refractivity contribution in [2.24, 2.45) is 4.99 Å². The van der Waals surface area contributed by atoms with E-state index in [4.69, 9.17) is 9.47 Å². The van der Waals surface area contributed by atoms with Crippen LogP contribution in [0.3, 0.4) is 0 Å². The Hall–Kier alpha value is -4.17. The van der Waals surface area contributed by atoms with Gasteiger partial charge in [0.25, 0.3) is 5.56 Å². The summed E-state index contributed by atoms with van der Waals surface area (Å²) in [5, 5.41) is 0. The van der Waals surface area contributed by atoms with Gasteiger partial charge in [-0.1, -0.05) is 29.5 Å². The Labute approximate surface area is 224 Å². The van der Waals surface area contributed by atoms with Crippen molar-refractivity contribution in [1.82, 2.24) is 9.13 Å². The summed E-state index contributed by atoms with van der Waals surface area (Å²) >= 11 is 1.32. The molecule has 8 heteroatoms. The average Bonchev–Trinajstić information content (AvgIpc) is 3.36. The first-order valence-electron chi connectivity index (χ1n) is 12.2. The molecule has 0 saturated heterocycles. The van der Waals surface area contributed by atoms with Crippen LogP contribution in [-0.2, 0) is 4.79 Å². The standard InChI is InChI=1S/C30H29N3O4S/c1-17-14-21(19(3)32(17)22-10-8-7-9-11-22)15-26-29(35)33-28(24-13-12-23(36-5)16-25(24)37-6)27(20(4)34)18(2)31-30(33)38-26/h7-16,28H,1-6H3/b26-15-. The van der Waals surface area contributed by atoms with Crippen molar-refractivity contribution in [3.8, 4) is 17.2 Å². The maximum Gasteiger partial charge on any atom is 0.271 e. The van der Waals surface area contributed by atoms with Crippen molar-refractivity contribution in [3.05, 3.63) is 108 Å². The fraction of sp³-hybridized carbons (Fsp3) is 0.233. The Bertz CT molecular complexity index is 1770. The SMILES string of the molecule is COc1ccc(C2C(C(C)=O)=C(C)N=c3s/c(=C\c4cc(C)n(-c5ccccc5)c4C)c(=O)n32)c(OC)c1. The molecule has 0 aliphatic carbocycles. The predicted molar refractivity (Wildman–Crippen MR) is 149 cm³/mol. The molecule has 1 aliphatic heterocycles. The third-order valence-corrected chi connectivity index (χ3v) is 7.89.